The number of allylic oxidation sites excluding steroid dienone is 2. The van der Waals surface area contributed by atoms with E-state index < -0.39 is 0 Å². The molecule has 1 aliphatic heterocycles. The molecule has 224 valence electrons. The molecule has 0 aliphatic carbocycles. The zero-order valence-electron chi connectivity index (χ0n) is 26.9. The maximum atomic E-state index is 11.9. The molecule has 0 saturated heterocycles. The minimum atomic E-state index is 1.02. The van der Waals surface area contributed by atoms with Gasteiger partial charge in [-0.15, -0.1) is 0 Å². The van der Waals surface area contributed by atoms with Crippen molar-refractivity contribution in [3.63, 3.8) is 0 Å². The van der Waals surface area contributed by atoms with Crippen LogP contribution in [0.25, 0.3) is 16.9 Å². The van der Waals surface area contributed by atoms with Crippen LogP contribution in [-0.2, 0) is 12.8 Å². The molecular weight excluding hydrogens is 496 g/mol. The predicted octanol–water partition coefficient (Wildman–Crippen LogP) is 12.7. The van der Waals surface area contributed by atoms with Crippen LogP contribution in [0.2, 0.25) is 0 Å². The van der Waals surface area contributed by atoms with E-state index in [4.69, 9.17) is 0 Å². The highest BCUT2D eigenvalue weighted by Gasteiger charge is 2.35. The van der Waals surface area contributed by atoms with Crippen LogP contribution in [0, 0.1) is 0 Å². The van der Waals surface area contributed by atoms with Crippen LogP contribution in [0.3, 0.4) is 0 Å². The second kappa shape index (κ2) is 18.9. The van der Waals surface area contributed by atoms with E-state index in [0.29, 0.717) is 0 Å². The predicted molar refractivity (Wildman–Crippen MR) is 179 cm³/mol. The Labute approximate surface area is 252 Å². The molecule has 3 rings (SSSR count). The molecule has 0 saturated carbocycles. The van der Waals surface area contributed by atoms with Gasteiger partial charge in [-0.1, -0.05) is 123 Å². The van der Waals surface area contributed by atoms with E-state index in [2.05, 4.69) is 76.2 Å². The molecule has 2 aromatic carbocycles. The number of hydrogen-bond donors (Lipinski definition) is 0. The second-order valence-electron chi connectivity index (χ2n) is 12.2. The maximum Gasteiger partial charge on any atom is 0.211 e. The van der Waals surface area contributed by atoms with Crippen molar-refractivity contribution in [1.29, 1.82) is 0 Å². The summed E-state index contributed by atoms with van der Waals surface area (Å²) < 4.78 is 1.56. The van der Waals surface area contributed by atoms with Gasteiger partial charge in [-0.25, -0.2) is 4.70 Å². The van der Waals surface area contributed by atoms with Gasteiger partial charge < -0.3 is 5.53 Å². The quantitative estimate of drug-likeness (QED) is 0.108. The van der Waals surface area contributed by atoms with E-state index in [0.717, 1.165) is 48.2 Å². The molecule has 0 radical (unpaired) electrons. The molecule has 0 fully saturated rings. The van der Waals surface area contributed by atoms with Crippen molar-refractivity contribution in [2.45, 2.75) is 150 Å². The van der Waals surface area contributed by atoms with Gasteiger partial charge >= 0.3 is 0 Å². The van der Waals surface area contributed by atoms with Crippen molar-refractivity contribution < 1.29 is 4.70 Å². The fourth-order valence-electron chi connectivity index (χ4n) is 6.24. The summed E-state index contributed by atoms with van der Waals surface area (Å²) in [7, 11) is 0. The summed E-state index contributed by atoms with van der Waals surface area (Å²) in [4.78, 5) is 0. The van der Waals surface area contributed by atoms with Crippen molar-refractivity contribution >= 4 is 11.4 Å². The molecule has 2 aromatic rings. The Balaban J connectivity index is 1.92. The second-order valence-corrected chi connectivity index (χ2v) is 12.2. The Hall–Kier alpha value is -2.48. The van der Waals surface area contributed by atoms with Crippen LogP contribution in [-0.4, -0.2) is 4.70 Å². The minimum Gasteiger partial charge on any atom is -0.493 e. The molecule has 0 bridgehead atoms. The number of benzene rings is 2. The standard InChI is InChI=1S/C39H58N2/c1-5-9-13-17-20-32-24-28-34(29-25-32)38-36(22-16-12-8-4)37(23-19-15-11-7-3)39(41(38)40)35-30-26-33(27-31-35)21-18-14-10-6-2/h24-31H,5-23H2,1-4H3. The molecule has 0 N–H and O–H groups in total. The van der Waals surface area contributed by atoms with Crippen molar-refractivity contribution in [1.82, 2.24) is 0 Å². The van der Waals surface area contributed by atoms with Crippen LogP contribution >= 0.6 is 0 Å². The molecule has 0 atom stereocenters. The largest absolute Gasteiger partial charge is 0.493 e. The highest BCUT2D eigenvalue weighted by molar-refractivity contribution is 5.82. The lowest BCUT2D eigenvalue weighted by molar-refractivity contribution is -0.345. The summed E-state index contributed by atoms with van der Waals surface area (Å²) in [6.07, 6.45) is 23.2. The maximum absolute atomic E-state index is 11.9. The Bertz CT molecular complexity index is 1100. The molecular formula is C39H58N2. The number of hydrogen-bond acceptors (Lipinski definition) is 0. The summed E-state index contributed by atoms with van der Waals surface area (Å²) in [5.41, 5.74) is 21.8. The monoisotopic (exact) mass is 554 g/mol. The fraction of sp³-hybridized carbons (Fsp3) is 0.590. The van der Waals surface area contributed by atoms with Gasteiger partial charge in [0.2, 0.25) is 11.4 Å². The minimum absolute atomic E-state index is 1.02. The lowest BCUT2D eigenvalue weighted by Gasteiger charge is -2.11. The van der Waals surface area contributed by atoms with E-state index in [1.54, 1.807) is 4.70 Å². The number of aryl methyl sites for hydroxylation is 2. The van der Waals surface area contributed by atoms with E-state index in [1.807, 2.05) is 0 Å². The zero-order chi connectivity index (χ0) is 29.3. The Morgan fingerprint density at radius 2 is 0.732 bits per heavy atom. The lowest BCUT2D eigenvalue weighted by atomic mass is 9.91. The van der Waals surface area contributed by atoms with Crippen LogP contribution in [0.15, 0.2) is 59.7 Å². The Morgan fingerprint density at radius 1 is 0.415 bits per heavy atom. The molecule has 1 heterocycles. The molecule has 0 amide bonds. The third kappa shape index (κ3) is 10.1. The van der Waals surface area contributed by atoms with Gasteiger partial charge in [0.15, 0.2) is 0 Å². The van der Waals surface area contributed by atoms with Crippen molar-refractivity contribution in [3.8, 4) is 0 Å². The third-order valence-corrected chi connectivity index (χ3v) is 8.76. The fourth-order valence-corrected chi connectivity index (χ4v) is 6.24. The van der Waals surface area contributed by atoms with Gasteiger partial charge in [0, 0.05) is 22.3 Å². The molecule has 1 aliphatic rings. The highest BCUT2D eigenvalue weighted by atomic mass is 15.2. The van der Waals surface area contributed by atoms with Crippen LogP contribution in [0.4, 0.5) is 0 Å². The van der Waals surface area contributed by atoms with Gasteiger partial charge in [-0.2, -0.15) is 0 Å². The number of unbranched alkanes of at least 4 members (excludes halogenated alkanes) is 11. The van der Waals surface area contributed by atoms with E-state index in [9.17, 15) is 5.53 Å². The molecule has 0 unspecified atom stereocenters. The number of rotatable bonds is 21. The van der Waals surface area contributed by atoms with Gasteiger partial charge in [-0.05, 0) is 86.8 Å². The van der Waals surface area contributed by atoms with Crippen molar-refractivity contribution in [2.75, 3.05) is 0 Å². The van der Waals surface area contributed by atoms with Crippen molar-refractivity contribution in [3.05, 3.63) is 87.5 Å². The normalized spacial score (nSPS) is 13.6. The summed E-state index contributed by atoms with van der Waals surface area (Å²) in [6, 6.07) is 18.2. The molecule has 41 heavy (non-hydrogen) atoms. The zero-order valence-corrected chi connectivity index (χ0v) is 26.9. The van der Waals surface area contributed by atoms with Gasteiger partial charge in [0.25, 0.3) is 0 Å². The Morgan fingerprint density at radius 3 is 1.10 bits per heavy atom. The first-order valence-electron chi connectivity index (χ1n) is 17.3. The molecule has 0 spiro atoms. The molecule has 2 heteroatoms. The topological polar surface area (TPSA) is 25.3 Å². The summed E-state index contributed by atoms with van der Waals surface area (Å²) in [5.74, 6) is 0. The highest BCUT2D eigenvalue weighted by Crippen LogP contribution is 2.44. The third-order valence-electron chi connectivity index (χ3n) is 8.76. The SMILES string of the molecule is CCCCCCC1=C(c2ccc(CCCCCC)cc2)[N+](=[N-])C(c2ccc(CCCCCC)cc2)=C1CCCCC. The summed E-state index contributed by atoms with van der Waals surface area (Å²) in [5, 5.41) is 0. The van der Waals surface area contributed by atoms with Crippen molar-refractivity contribution in [2.24, 2.45) is 0 Å². The number of nitrogens with zero attached hydrogens (tertiary/aromatic N) is 2. The molecule has 0 aromatic heterocycles. The first-order valence-corrected chi connectivity index (χ1v) is 17.3. The Kier molecular flexibility index (Phi) is 15.2. The average Bonchev–Trinajstić information content (AvgIpc) is 3.27. The van der Waals surface area contributed by atoms with Crippen LogP contribution < -0.4 is 0 Å². The lowest BCUT2D eigenvalue weighted by Crippen LogP contribution is -2.03. The first kappa shape index (κ1) is 33.0. The average molecular weight is 555 g/mol. The molecule has 2 nitrogen and oxygen atoms in total. The van der Waals surface area contributed by atoms with Crippen LogP contribution in [0.5, 0.6) is 0 Å². The van der Waals surface area contributed by atoms with Gasteiger partial charge in [0.1, 0.15) is 0 Å². The van der Waals surface area contributed by atoms with E-state index in [1.165, 1.54) is 119 Å². The smallest absolute Gasteiger partial charge is 0.211 e. The van der Waals surface area contributed by atoms with Gasteiger partial charge in [0.05, 0.1) is 0 Å². The van der Waals surface area contributed by atoms with E-state index in [-0.39, 0.29) is 0 Å². The van der Waals surface area contributed by atoms with Gasteiger partial charge in [-0.3, -0.25) is 0 Å². The summed E-state index contributed by atoms with van der Waals surface area (Å²) >= 11 is 0. The first-order chi connectivity index (χ1) is 20.1. The van der Waals surface area contributed by atoms with Crippen LogP contribution in [0.1, 0.15) is 159 Å². The van der Waals surface area contributed by atoms with E-state index >= 15 is 0 Å². The summed E-state index contributed by atoms with van der Waals surface area (Å²) in [6.45, 7) is 9.10.